The lowest BCUT2D eigenvalue weighted by atomic mass is 10.1. The number of nitrogens with zero attached hydrogens (tertiary/aromatic N) is 2. The lowest BCUT2D eigenvalue weighted by molar-refractivity contribution is -0.114. The van der Waals surface area contributed by atoms with E-state index < -0.39 is 11.7 Å². The van der Waals surface area contributed by atoms with E-state index in [0.717, 1.165) is 11.3 Å². The quantitative estimate of drug-likeness (QED) is 0.371. The van der Waals surface area contributed by atoms with Gasteiger partial charge in [0.15, 0.2) is 5.13 Å². The smallest absolute Gasteiger partial charge is 0.257 e. The third kappa shape index (κ3) is 5.48. The van der Waals surface area contributed by atoms with Gasteiger partial charge in [0.25, 0.3) is 11.8 Å². The van der Waals surface area contributed by atoms with Crippen LogP contribution in [-0.2, 0) is 4.79 Å². The Bertz CT molecular complexity index is 1370. The van der Waals surface area contributed by atoms with Gasteiger partial charge < -0.3 is 10.6 Å². The molecule has 4 aromatic rings. The van der Waals surface area contributed by atoms with Crippen molar-refractivity contribution in [1.82, 2.24) is 9.97 Å². The van der Waals surface area contributed by atoms with Crippen molar-refractivity contribution in [2.75, 3.05) is 16.0 Å². The number of halogens is 1. The monoisotopic (exact) mass is 475 g/mol. The fourth-order valence-corrected chi connectivity index (χ4v) is 3.77. The van der Waals surface area contributed by atoms with Gasteiger partial charge in [-0.1, -0.05) is 6.07 Å². The Balaban J connectivity index is 1.44. The summed E-state index contributed by atoms with van der Waals surface area (Å²) in [6.07, 6.45) is 3.02. The Morgan fingerprint density at radius 1 is 0.882 bits per heavy atom. The van der Waals surface area contributed by atoms with Gasteiger partial charge in [0.1, 0.15) is 5.82 Å². The standard InChI is InChI=1S/C24H18FN5O3S/c1-14(31)27-18-7-8-19(20(25)11-18)21-13-34-24(29-21)30-22(32)15-4-2-6-17(10-15)28-23(33)16-5-3-9-26-12-16/h2-13H,1H3,(H,27,31)(H,28,33)(H,29,30,32). The van der Waals surface area contributed by atoms with Crippen LogP contribution in [-0.4, -0.2) is 27.7 Å². The van der Waals surface area contributed by atoms with E-state index in [1.165, 1.54) is 25.3 Å². The van der Waals surface area contributed by atoms with Crippen LogP contribution in [0.15, 0.2) is 72.4 Å². The number of pyridine rings is 1. The van der Waals surface area contributed by atoms with E-state index in [1.807, 2.05) is 0 Å². The highest BCUT2D eigenvalue weighted by Crippen LogP contribution is 2.29. The molecule has 8 nitrogen and oxygen atoms in total. The number of carbonyl (C=O) groups is 3. The molecule has 2 aromatic heterocycles. The Hall–Kier alpha value is -4.44. The van der Waals surface area contributed by atoms with Gasteiger partial charge in [-0.05, 0) is 48.5 Å². The fraction of sp³-hybridized carbons (Fsp3) is 0.0417. The number of amides is 3. The number of hydrogen-bond donors (Lipinski definition) is 3. The molecule has 0 aliphatic heterocycles. The van der Waals surface area contributed by atoms with E-state index >= 15 is 0 Å². The van der Waals surface area contributed by atoms with Gasteiger partial charge in [-0.15, -0.1) is 11.3 Å². The normalized spacial score (nSPS) is 10.4. The van der Waals surface area contributed by atoms with Gasteiger partial charge in [-0.3, -0.25) is 24.7 Å². The molecule has 170 valence electrons. The van der Waals surface area contributed by atoms with Gasteiger partial charge >= 0.3 is 0 Å². The van der Waals surface area contributed by atoms with E-state index in [4.69, 9.17) is 0 Å². The maximum absolute atomic E-state index is 14.5. The molecule has 0 saturated carbocycles. The summed E-state index contributed by atoms with van der Waals surface area (Å²) in [5, 5.41) is 9.83. The van der Waals surface area contributed by atoms with E-state index in [2.05, 4.69) is 25.9 Å². The second-order valence-corrected chi connectivity index (χ2v) is 8.00. The second kappa shape index (κ2) is 10.0. The molecule has 0 aliphatic rings. The molecule has 34 heavy (non-hydrogen) atoms. The first kappa shape index (κ1) is 22.7. The summed E-state index contributed by atoms with van der Waals surface area (Å²) in [6, 6.07) is 14.0. The second-order valence-electron chi connectivity index (χ2n) is 7.14. The molecule has 3 N–H and O–H groups in total. The van der Waals surface area contributed by atoms with Gasteiger partial charge in [-0.25, -0.2) is 9.37 Å². The number of thiazole rings is 1. The maximum atomic E-state index is 14.5. The molecule has 0 saturated heterocycles. The number of aromatic nitrogens is 2. The van der Waals surface area contributed by atoms with E-state index in [-0.39, 0.29) is 22.5 Å². The topological polar surface area (TPSA) is 113 Å². The average Bonchev–Trinajstić information content (AvgIpc) is 3.27. The zero-order chi connectivity index (χ0) is 24.1. The molecule has 10 heteroatoms. The minimum atomic E-state index is -0.550. The molecule has 0 radical (unpaired) electrons. The Morgan fingerprint density at radius 3 is 2.38 bits per heavy atom. The van der Waals surface area contributed by atoms with Crippen LogP contribution in [0.3, 0.4) is 0 Å². The predicted octanol–water partition coefficient (Wildman–Crippen LogP) is 4.81. The zero-order valence-corrected chi connectivity index (χ0v) is 18.7. The summed E-state index contributed by atoms with van der Waals surface area (Å²) < 4.78 is 14.5. The van der Waals surface area contributed by atoms with Crippen LogP contribution in [0, 0.1) is 5.82 Å². The van der Waals surface area contributed by atoms with Crippen molar-refractivity contribution < 1.29 is 18.8 Å². The molecular formula is C24H18FN5O3S. The summed E-state index contributed by atoms with van der Waals surface area (Å²) in [7, 11) is 0. The Labute approximate surface area is 197 Å². The van der Waals surface area contributed by atoms with Gasteiger partial charge in [0.05, 0.1) is 11.3 Å². The molecule has 4 rings (SSSR count). The van der Waals surface area contributed by atoms with Gasteiger partial charge in [0.2, 0.25) is 5.91 Å². The van der Waals surface area contributed by atoms with Crippen LogP contribution >= 0.6 is 11.3 Å². The van der Waals surface area contributed by atoms with Crippen LogP contribution in [0.2, 0.25) is 0 Å². The molecule has 0 unspecified atom stereocenters. The number of benzene rings is 2. The maximum Gasteiger partial charge on any atom is 0.257 e. The Morgan fingerprint density at radius 2 is 1.65 bits per heavy atom. The van der Waals surface area contributed by atoms with Crippen LogP contribution in [0.25, 0.3) is 11.3 Å². The van der Waals surface area contributed by atoms with Crippen LogP contribution < -0.4 is 16.0 Å². The molecule has 0 aliphatic carbocycles. The van der Waals surface area contributed by atoms with E-state index in [0.29, 0.717) is 28.2 Å². The molecule has 2 heterocycles. The number of hydrogen-bond acceptors (Lipinski definition) is 6. The van der Waals surface area contributed by atoms with Gasteiger partial charge in [0, 0.05) is 47.2 Å². The first-order valence-corrected chi connectivity index (χ1v) is 10.9. The zero-order valence-electron chi connectivity index (χ0n) is 17.8. The minimum absolute atomic E-state index is 0.242. The summed E-state index contributed by atoms with van der Waals surface area (Å²) in [4.78, 5) is 44.4. The SMILES string of the molecule is CC(=O)Nc1ccc(-c2csc(NC(=O)c3cccc(NC(=O)c4cccnc4)c3)n2)c(F)c1. The van der Waals surface area contributed by atoms with Crippen molar-refractivity contribution in [3.63, 3.8) is 0 Å². The largest absolute Gasteiger partial charge is 0.326 e. The third-order valence-electron chi connectivity index (χ3n) is 4.60. The summed E-state index contributed by atoms with van der Waals surface area (Å²) in [5.74, 6) is -1.63. The summed E-state index contributed by atoms with van der Waals surface area (Å²) in [6.45, 7) is 1.34. The predicted molar refractivity (Wildman–Crippen MR) is 128 cm³/mol. The lowest BCUT2D eigenvalue weighted by Gasteiger charge is -2.07. The number of anilines is 3. The molecular weight excluding hydrogens is 457 g/mol. The highest BCUT2D eigenvalue weighted by atomic mass is 32.1. The molecule has 3 amide bonds. The highest BCUT2D eigenvalue weighted by Gasteiger charge is 2.14. The minimum Gasteiger partial charge on any atom is -0.326 e. The number of carbonyl (C=O) groups excluding carboxylic acids is 3. The molecule has 0 spiro atoms. The Kier molecular flexibility index (Phi) is 6.69. The van der Waals surface area contributed by atoms with Crippen molar-refractivity contribution in [2.45, 2.75) is 6.92 Å². The van der Waals surface area contributed by atoms with Gasteiger partial charge in [-0.2, -0.15) is 0 Å². The van der Waals surface area contributed by atoms with Crippen molar-refractivity contribution in [1.29, 1.82) is 0 Å². The van der Waals surface area contributed by atoms with E-state index in [9.17, 15) is 18.8 Å². The molecule has 2 aromatic carbocycles. The fourth-order valence-electron chi connectivity index (χ4n) is 3.07. The molecule has 0 atom stereocenters. The van der Waals surface area contributed by atoms with E-state index in [1.54, 1.807) is 54.0 Å². The first-order chi connectivity index (χ1) is 16.4. The van der Waals surface area contributed by atoms with Crippen LogP contribution in [0.4, 0.5) is 20.9 Å². The number of nitrogens with one attached hydrogen (secondary N) is 3. The van der Waals surface area contributed by atoms with Crippen molar-refractivity contribution in [3.8, 4) is 11.3 Å². The highest BCUT2D eigenvalue weighted by molar-refractivity contribution is 7.14. The van der Waals surface area contributed by atoms with Crippen LogP contribution in [0.1, 0.15) is 27.6 Å². The van der Waals surface area contributed by atoms with Crippen LogP contribution in [0.5, 0.6) is 0 Å². The average molecular weight is 476 g/mol. The first-order valence-electron chi connectivity index (χ1n) is 10.0. The third-order valence-corrected chi connectivity index (χ3v) is 5.35. The van der Waals surface area contributed by atoms with Crippen molar-refractivity contribution >= 4 is 45.6 Å². The molecule has 0 fully saturated rings. The summed E-state index contributed by atoms with van der Waals surface area (Å²) >= 11 is 1.15. The summed E-state index contributed by atoms with van der Waals surface area (Å²) in [5.41, 5.74) is 2.09. The lowest BCUT2D eigenvalue weighted by Crippen LogP contribution is -2.14. The molecule has 0 bridgehead atoms. The number of rotatable bonds is 6. The van der Waals surface area contributed by atoms with Crippen molar-refractivity contribution in [2.24, 2.45) is 0 Å². The van der Waals surface area contributed by atoms with Crippen molar-refractivity contribution in [3.05, 3.63) is 89.3 Å².